The number of nitrogens with one attached hydrogen (secondary N) is 1. The molecule has 0 radical (unpaired) electrons. The summed E-state index contributed by atoms with van der Waals surface area (Å²) in [4.78, 5) is 14.6. The summed E-state index contributed by atoms with van der Waals surface area (Å²) in [5, 5.41) is 4.49. The Morgan fingerprint density at radius 1 is 1.12 bits per heavy atom. The number of aromatic nitrogens is 2. The fraction of sp³-hybridized carbons (Fsp3) is 0.667. The molecule has 2 aromatic rings. The van der Waals surface area contributed by atoms with E-state index >= 15 is 0 Å². The van der Waals surface area contributed by atoms with Gasteiger partial charge in [0.15, 0.2) is 0 Å². The lowest BCUT2D eigenvalue weighted by molar-refractivity contribution is -0.0273. The number of hydrogen-bond donors (Lipinski definition) is 1. The molecule has 4 heterocycles. The van der Waals surface area contributed by atoms with E-state index in [1.54, 1.807) is 6.92 Å². The van der Waals surface area contributed by atoms with Crippen LogP contribution in [0.15, 0.2) is 18.3 Å². The molecule has 1 aliphatic carbocycles. The lowest BCUT2D eigenvalue weighted by Gasteiger charge is -2.61. The summed E-state index contributed by atoms with van der Waals surface area (Å²) in [6.45, 7) is 8.33. The molecule has 4 fully saturated rings. The molecule has 1 aromatic carbocycles. The van der Waals surface area contributed by atoms with Gasteiger partial charge < -0.3 is 10.2 Å². The molecule has 1 N–H and O–H groups in total. The number of piperidine rings is 1. The SMILES string of the molecule is CSN1CCC(Nc2ncc3cc(C(C)F)cc(N4CC5(C4)CN(C4CC4)C5)c3n2)CC1. The van der Waals surface area contributed by atoms with Crippen molar-refractivity contribution < 1.29 is 4.39 Å². The van der Waals surface area contributed by atoms with Crippen LogP contribution >= 0.6 is 11.9 Å². The van der Waals surface area contributed by atoms with Gasteiger partial charge in [-0.25, -0.2) is 14.4 Å². The average Bonchev–Trinajstić information content (AvgIpc) is 3.57. The Morgan fingerprint density at radius 2 is 1.88 bits per heavy atom. The van der Waals surface area contributed by atoms with Gasteiger partial charge in [-0.1, -0.05) is 11.9 Å². The second kappa shape index (κ2) is 7.99. The number of rotatable bonds is 6. The molecule has 0 amide bonds. The number of nitrogens with zero attached hydrogens (tertiary/aromatic N) is 5. The molecule has 1 spiro atoms. The van der Waals surface area contributed by atoms with E-state index in [0.717, 1.165) is 67.2 Å². The number of halogens is 1. The van der Waals surface area contributed by atoms with Gasteiger partial charge in [-0.05, 0) is 56.6 Å². The van der Waals surface area contributed by atoms with Crippen molar-refractivity contribution in [1.82, 2.24) is 19.2 Å². The third kappa shape index (κ3) is 3.84. The van der Waals surface area contributed by atoms with Gasteiger partial charge in [-0.3, -0.25) is 9.21 Å². The highest BCUT2D eigenvalue weighted by Crippen LogP contribution is 2.47. The van der Waals surface area contributed by atoms with Crippen LogP contribution in [0, 0.1) is 5.41 Å². The highest BCUT2D eigenvalue weighted by atomic mass is 32.2. The summed E-state index contributed by atoms with van der Waals surface area (Å²) < 4.78 is 16.7. The van der Waals surface area contributed by atoms with Gasteiger partial charge >= 0.3 is 0 Å². The molecule has 32 heavy (non-hydrogen) atoms. The minimum Gasteiger partial charge on any atom is -0.368 e. The predicted octanol–water partition coefficient (Wildman–Crippen LogP) is 4.10. The highest BCUT2D eigenvalue weighted by Gasteiger charge is 2.54. The maximum absolute atomic E-state index is 14.3. The Balaban J connectivity index is 1.22. The van der Waals surface area contributed by atoms with Gasteiger partial charge in [-0.2, -0.15) is 0 Å². The van der Waals surface area contributed by atoms with E-state index in [1.807, 2.05) is 30.3 Å². The molecule has 6 nitrogen and oxygen atoms in total. The quantitative estimate of drug-likeness (QED) is 0.657. The Kier molecular flexibility index (Phi) is 5.23. The lowest BCUT2D eigenvalue weighted by atomic mass is 9.72. The van der Waals surface area contributed by atoms with Crippen LogP contribution in [0.5, 0.6) is 0 Å². The van der Waals surface area contributed by atoms with Crippen LogP contribution in [0.3, 0.4) is 0 Å². The lowest BCUT2D eigenvalue weighted by Crippen LogP contribution is -2.72. The van der Waals surface area contributed by atoms with Gasteiger partial charge in [0.2, 0.25) is 5.95 Å². The zero-order valence-electron chi connectivity index (χ0n) is 19.1. The molecule has 1 atom stereocenters. The standard InChI is InChI=1S/C24H33FN6S/c1-16(25)17-9-18-11-26-23(27-19-5-7-31(32-2)8-6-19)28-22(18)21(10-17)30-14-24(15-30)12-29(13-24)20-3-4-20/h9-11,16,19-20H,3-8,12-15H2,1-2H3,(H,26,27,28). The first-order valence-corrected chi connectivity index (χ1v) is 13.2. The minimum absolute atomic E-state index is 0.403. The molecule has 1 unspecified atom stereocenters. The van der Waals surface area contributed by atoms with Crippen molar-refractivity contribution in [3.63, 3.8) is 0 Å². The second-order valence-electron chi connectivity index (χ2n) is 10.3. The van der Waals surface area contributed by atoms with Crippen molar-refractivity contribution in [2.24, 2.45) is 5.41 Å². The van der Waals surface area contributed by atoms with Crippen molar-refractivity contribution in [1.29, 1.82) is 0 Å². The maximum Gasteiger partial charge on any atom is 0.223 e. The van der Waals surface area contributed by atoms with Crippen LogP contribution in [0.4, 0.5) is 16.0 Å². The minimum atomic E-state index is -0.998. The predicted molar refractivity (Wildman–Crippen MR) is 130 cm³/mol. The largest absolute Gasteiger partial charge is 0.368 e. The fourth-order valence-corrected chi connectivity index (χ4v) is 6.28. The van der Waals surface area contributed by atoms with Crippen LogP contribution in [0.1, 0.15) is 44.3 Å². The smallest absolute Gasteiger partial charge is 0.223 e. The van der Waals surface area contributed by atoms with Crippen molar-refractivity contribution in [3.8, 4) is 0 Å². The van der Waals surface area contributed by atoms with Crippen molar-refractivity contribution in [2.75, 3.05) is 55.7 Å². The molecule has 0 bridgehead atoms. The third-order valence-corrected chi connectivity index (χ3v) is 8.60. The first-order chi connectivity index (χ1) is 15.5. The van der Waals surface area contributed by atoms with Crippen molar-refractivity contribution in [2.45, 2.75) is 50.9 Å². The number of benzene rings is 1. The van der Waals surface area contributed by atoms with E-state index in [1.165, 1.54) is 25.9 Å². The number of likely N-dealkylation sites (tertiary alicyclic amines) is 1. The normalized spacial score (nSPS) is 25.0. The first-order valence-electron chi connectivity index (χ1n) is 12.0. The van der Waals surface area contributed by atoms with E-state index in [4.69, 9.17) is 4.98 Å². The maximum atomic E-state index is 14.3. The summed E-state index contributed by atoms with van der Waals surface area (Å²) in [5.74, 6) is 0.696. The molecule has 1 aromatic heterocycles. The molecule has 3 saturated heterocycles. The molecule has 1 saturated carbocycles. The first kappa shape index (κ1) is 20.9. The van der Waals surface area contributed by atoms with E-state index in [2.05, 4.69) is 30.7 Å². The molecule has 172 valence electrons. The van der Waals surface area contributed by atoms with Crippen LogP contribution in [0.25, 0.3) is 10.9 Å². The molecular weight excluding hydrogens is 423 g/mol. The number of fused-ring (bicyclic) bond motifs is 1. The Labute approximate surface area is 194 Å². The van der Waals surface area contributed by atoms with Crippen molar-refractivity contribution >= 4 is 34.5 Å². The molecule has 8 heteroatoms. The number of hydrogen-bond acceptors (Lipinski definition) is 7. The summed E-state index contributed by atoms with van der Waals surface area (Å²) in [5.41, 5.74) is 3.17. The topological polar surface area (TPSA) is 47.5 Å². The van der Waals surface area contributed by atoms with Crippen LogP contribution in [-0.2, 0) is 0 Å². The number of alkyl halides is 1. The van der Waals surface area contributed by atoms with E-state index < -0.39 is 6.17 Å². The number of anilines is 2. The molecule has 3 aliphatic heterocycles. The molecule has 4 aliphatic rings. The summed E-state index contributed by atoms with van der Waals surface area (Å²) in [7, 11) is 0. The summed E-state index contributed by atoms with van der Waals surface area (Å²) in [6.07, 6.45) is 7.96. The van der Waals surface area contributed by atoms with Gasteiger partial charge in [0, 0.05) is 68.4 Å². The van der Waals surface area contributed by atoms with Gasteiger partial charge in [0.1, 0.15) is 6.17 Å². The van der Waals surface area contributed by atoms with Crippen LogP contribution in [-0.4, -0.2) is 76.8 Å². The second-order valence-corrected chi connectivity index (χ2v) is 11.2. The molecule has 6 rings (SSSR count). The highest BCUT2D eigenvalue weighted by molar-refractivity contribution is 7.96. The van der Waals surface area contributed by atoms with E-state index in [-0.39, 0.29) is 0 Å². The summed E-state index contributed by atoms with van der Waals surface area (Å²) in [6, 6.07) is 5.19. The van der Waals surface area contributed by atoms with Gasteiger partial charge in [0.05, 0.1) is 11.2 Å². The zero-order chi connectivity index (χ0) is 21.9. The van der Waals surface area contributed by atoms with Gasteiger partial charge in [0.25, 0.3) is 0 Å². The van der Waals surface area contributed by atoms with E-state index in [9.17, 15) is 4.39 Å². The third-order valence-electron chi connectivity index (χ3n) is 7.72. The Morgan fingerprint density at radius 3 is 2.53 bits per heavy atom. The van der Waals surface area contributed by atoms with Gasteiger partial charge in [-0.15, -0.1) is 0 Å². The Bertz CT molecular complexity index is 989. The fourth-order valence-electron chi connectivity index (χ4n) is 5.70. The average molecular weight is 457 g/mol. The summed E-state index contributed by atoms with van der Waals surface area (Å²) >= 11 is 1.82. The van der Waals surface area contributed by atoms with Crippen LogP contribution < -0.4 is 10.2 Å². The van der Waals surface area contributed by atoms with Crippen molar-refractivity contribution in [3.05, 3.63) is 23.9 Å². The monoisotopic (exact) mass is 456 g/mol. The molecular formula is C24H33FN6S. The zero-order valence-corrected chi connectivity index (χ0v) is 19.9. The Hall–Kier alpha value is -1.64. The van der Waals surface area contributed by atoms with Crippen LogP contribution in [0.2, 0.25) is 0 Å². The van der Waals surface area contributed by atoms with E-state index in [0.29, 0.717) is 17.4 Å².